The summed E-state index contributed by atoms with van der Waals surface area (Å²) in [5, 5.41) is 2.75. The SMILES string of the molecule is O=C1C(Nc2cccc(C(F)(F)F)c2)=C(c2ccccc2)C(=O)N1Cc1ccccn1. The number of alkyl halides is 3. The van der Waals surface area contributed by atoms with E-state index in [-0.39, 0.29) is 23.5 Å². The molecule has 1 N–H and O–H groups in total. The maximum absolute atomic E-state index is 13.1. The minimum atomic E-state index is -4.53. The van der Waals surface area contributed by atoms with Gasteiger partial charge < -0.3 is 5.32 Å². The molecule has 0 bridgehead atoms. The van der Waals surface area contributed by atoms with Gasteiger partial charge in [-0.2, -0.15) is 13.2 Å². The first kappa shape index (κ1) is 20.3. The lowest BCUT2D eigenvalue weighted by Gasteiger charge is -2.15. The Labute approximate surface area is 175 Å². The third-order valence-corrected chi connectivity index (χ3v) is 4.74. The summed E-state index contributed by atoms with van der Waals surface area (Å²) in [7, 11) is 0. The Bertz CT molecular complexity index is 1160. The van der Waals surface area contributed by atoms with Crippen molar-refractivity contribution in [2.75, 3.05) is 5.32 Å². The van der Waals surface area contributed by atoms with Gasteiger partial charge in [0.25, 0.3) is 11.8 Å². The number of nitrogens with zero attached hydrogens (tertiary/aromatic N) is 2. The Morgan fingerprint density at radius 3 is 2.29 bits per heavy atom. The zero-order valence-electron chi connectivity index (χ0n) is 16.1. The van der Waals surface area contributed by atoms with E-state index in [0.29, 0.717) is 11.3 Å². The summed E-state index contributed by atoms with van der Waals surface area (Å²) in [6, 6.07) is 18.1. The molecule has 2 aromatic carbocycles. The van der Waals surface area contributed by atoms with Gasteiger partial charge in [0.15, 0.2) is 0 Å². The maximum atomic E-state index is 13.1. The topological polar surface area (TPSA) is 62.3 Å². The number of nitrogens with one attached hydrogen (secondary N) is 1. The van der Waals surface area contributed by atoms with Crippen LogP contribution in [0.3, 0.4) is 0 Å². The number of pyridine rings is 1. The van der Waals surface area contributed by atoms with E-state index in [1.807, 2.05) is 0 Å². The summed E-state index contributed by atoms with van der Waals surface area (Å²) in [6.07, 6.45) is -2.98. The molecule has 0 atom stereocenters. The smallest absolute Gasteiger partial charge is 0.350 e. The largest absolute Gasteiger partial charge is 0.416 e. The number of carbonyl (C=O) groups excluding carboxylic acids is 2. The van der Waals surface area contributed by atoms with E-state index >= 15 is 0 Å². The van der Waals surface area contributed by atoms with Crippen LogP contribution in [0, 0.1) is 0 Å². The second-order valence-electron chi connectivity index (χ2n) is 6.84. The van der Waals surface area contributed by atoms with E-state index in [9.17, 15) is 22.8 Å². The number of benzene rings is 2. The third-order valence-electron chi connectivity index (χ3n) is 4.74. The molecular formula is C23H16F3N3O2. The molecule has 8 heteroatoms. The molecule has 3 aromatic rings. The van der Waals surface area contributed by atoms with Crippen LogP contribution in [0.4, 0.5) is 18.9 Å². The van der Waals surface area contributed by atoms with Crippen molar-refractivity contribution in [2.24, 2.45) is 0 Å². The molecule has 1 aliphatic heterocycles. The molecule has 0 unspecified atom stereocenters. The van der Waals surface area contributed by atoms with Crippen molar-refractivity contribution in [1.29, 1.82) is 0 Å². The first-order valence-corrected chi connectivity index (χ1v) is 9.34. The minimum Gasteiger partial charge on any atom is -0.350 e. The molecule has 1 aromatic heterocycles. The van der Waals surface area contributed by atoms with Crippen LogP contribution in [0.15, 0.2) is 84.7 Å². The van der Waals surface area contributed by atoms with Gasteiger partial charge in [0.05, 0.1) is 23.4 Å². The van der Waals surface area contributed by atoms with Gasteiger partial charge in [0, 0.05) is 11.9 Å². The van der Waals surface area contributed by atoms with Gasteiger partial charge in [-0.25, -0.2) is 0 Å². The number of anilines is 1. The molecular weight excluding hydrogens is 407 g/mol. The molecule has 4 rings (SSSR count). The predicted octanol–water partition coefficient (Wildman–Crippen LogP) is 4.49. The lowest BCUT2D eigenvalue weighted by molar-refractivity contribution is -0.138. The van der Waals surface area contributed by atoms with Crippen LogP contribution in [0.25, 0.3) is 5.57 Å². The van der Waals surface area contributed by atoms with Gasteiger partial charge in [-0.05, 0) is 35.9 Å². The number of rotatable bonds is 5. The van der Waals surface area contributed by atoms with Crippen LogP contribution in [0.5, 0.6) is 0 Å². The first-order chi connectivity index (χ1) is 14.8. The number of hydrogen-bond donors (Lipinski definition) is 1. The average Bonchev–Trinajstić information content (AvgIpc) is 2.99. The standard InChI is InChI=1S/C23H16F3N3O2/c24-23(25,26)16-9-6-11-17(13-16)28-20-19(15-7-2-1-3-8-15)21(30)29(22(20)31)14-18-10-4-5-12-27-18/h1-13,28H,14H2. The monoisotopic (exact) mass is 423 g/mol. The second kappa shape index (κ2) is 8.06. The molecule has 0 saturated carbocycles. The van der Waals surface area contributed by atoms with Crippen molar-refractivity contribution in [3.05, 3.63) is 102 Å². The highest BCUT2D eigenvalue weighted by Crippen LogP contribution is 2.34. The summed E-state index contributed by atoms with van der Waals surface area (Å²) in [5.74, 6) is -1.18. The molecule has 156 valence electrons. The zero-order valence-corrected chi connectivity index (χ0v) is 16.1. The fourth-order valence-corrected chi connectivity index (χ4v) is 3.28. The number of aromatic nitrogens is 1. The number of carbonyl (C=O) groups is 2. The van der Waals surface area contributed by atoms with Crippen molar-refractivity contribution in [2.45, 2.75) is 12.7 Å². The predicted molar refractivity (Wildman–Crippen MR) is 108 cm³/mol. The number of halogens is 3. The van der Waals surface area contributed by atoms with Gasteiger partial charge >= 0.3 is 6.18 Å². The number of hydrogen-bond acceptors (Lipinski definition) is 4. The summed E-state index contributed by atoms with van der Waals surface area (Å²) < 4.78 is 39.3. The fraction of sp³-hybridized carbons (Fsp3) is 0.0870. The third kappa shape index (κ3) is 4.18. The highest BCUT2D eigenvalue weighted by Gasteiger charge is 2.39. The molecule has 0 radical (unpaired) electrons. The van der Waals surface area contributed by atoms with Crippen LogP contribution in [0.2, 0.25) is 0 Å². The maximum Gasteiger partial charge on any atom is 0.416 e. The van der Waals surface area contributed by atoms with Crippen molar-refractivity contribution in [3.63, 3.8) is 0 Å². The summed E-state index contributed by atoms with van der Waals surface area (Å²) in [6.45, 7) is -0.0530. The summed E-state index contributed by atoms with van der Waals surface area (Å²) in [4.78, 5) is 31.4. The van der Waals surface area contributed by atoms with Crippen LogP contribution < -0.4 is 5.32 Å². The molecule has 31 heavy (non-hydrogen) atoms. The molecule has 2 amide bonds. The molecule has 0 saturated heterocycles. The number of imide groups is 1. The lowest BCUT2D eigenvalue weighted by Crippen LogP contribution is -2.32. The highest BCUT2D eigenvalue weighted by atomic mass is 19.4. The normalized spacial score (nSPS) is 14.4. The van der Waals surface area contributed by atoms with Crippen LogP contribution in [-0.4, -0.2) is 21.7 Å². The average molecular weight is 423 g/mol. The van der Waals surface area contributed by atoms with Crippen molar-refractivity contribution < 1.29 is 22.8 Å². The van der Waals surface area contributed by atoms with Gasteiger partial charge in [-0.15, -0.1) is 0 Å². The lowest BCUT2D eigenvalue weighted by atomic mass is 10.0. The molecule has 2 heterocycles. The van der Waals surface area contributed by atoms with E-state index in [1.54, 1.807) is 54.7 Å². The van der Waals surface area contributed by atoms with E-state index in [1.165, 1.54) is 12.1 Å². The van der Waals surface area contributed by atoms with Crippen LogP contribution in [0.1, 0.15) is 16.8 Å². The molecule has 0 aliphatic carbocycles. The molecule has 1 aliphatic rings. The molecule has 5 nitrogen and oxygen atoms in total. The Morgan fingerprint density at radius 2 is 1.61 bits per heavy atom. The van der Waals surface area contributed by atoms with Crippen molar-refractivity contribution in [3.8, 4) is 0 Å². The van der Waals surface area contributed by atoms with Gasteiger partial charge in [-0.1, -0.05) is 42.5 Å². The Hall–Kier alpha value is -3.94. The van der Waals surface area contributed by atoms with Gasteiger partial charge in [0.2, 0.25) is 0 Å². The van der Waals surface area contributed by atoms with Crippen molar-refractivity contribution >= 4 is 23.1 Å². The Kier molecular flexibility index (Phi) is 5.29. The van der Waals surface area contributed by atoms with Gasteiger partial charge in [-0.3, -0.25) is 19.5 Å². The summed E-state index contributed by atoms with van der Waals surface area (Å²) >= 11 is 0. The second-order valence-corrected chi connectivity index (χ2v) is 6.84. The van der Waals surface area contributed by atoms with E-state index in [4.69, 9.17) is 0 Å². The van der Waals surface area contributed by atoms with E-state index in [2.05, 4.69) is 10.3 Å². The van der Waals surface area contributed by atoms with Crippen molar-refractivity contribution in [1.82, 2.24) is 9.88 Å². The van der Waals surface area contributed by atoms with Crippen LogP contribution >= 0.6 is 0 Å². The quantitative estimate of drug-likeness (QED) is 0.614. The van der Waals surface area contributed by atoms with Crippen LogP contribution in [-0.2, 0) is 22.3 Å². The Balaban J connectivity index is 1.73. The van der Waals surface area contributed by atoms with E-state index in [0.717, 1.165) is 17.0 Å². The molecule has 0 fully saturated rings. The zero-order chi connectivity index (χ0) is 22.0. The minimum absolute atomic E-state index is 0.0530. The Morgan fingerprint density at radius 1 is 0.871 bits per heavy atom. The number of amides is 2. The summed E-state index contributed by atoms with van der Waals surface area (Å²) in [5.41, 5.74) is 0.210. The van der Waals surface area contributed by atoms with Gasteiger partial charge in [0.1, 0.15) is 5.70 Å². The first-order valence-electron chi connectivity index (χ1n) is 9.34. The van der Waals surface area contributed by atoms with E-state index < -0.39 is 23.6 Å². The fourth-order valence-electron chi connectivity index (χ4n) is 3.28. The highest BCUT2D eigenvalue weighted by molar-refractivity contribution is 6.36. The molecule has 0 spiro atoms.